The number of esters is 1. The average molecular weight is 227 g/mol. The molecule has 1 rings (SSSR count). The zero-order valence-electron chi connectivity index (χ0n) is 11.1. The molecule has 0 bridgehead atoms. The highest BCUT2D eigenvalue weighted by Gasteiger charge is 2.45. The summed E-state index contributed by atoms with van der Waals surface area (Å²) < 4.78 is 5.23. The van der Waals surface area contributed by atoms with Crippen molar-refractivity contribution in [2.45, 2.75) is 58.9 Å². The van der Waals surface area contributed by atoms with Gasteiger partial charge in [0.15, 0.2) is 0 Å². The fourth-order valence-electron chi connectivity index (χ4n) is 2.87. The molecule has 0 amide bonds. The van der Waals surface area contributed by atoms with E-state index in [9.17, 15) is 4.79 Å². The molecule has 3 heteroatoms. The van der Waals surface area contributed by atoms with Crippen LogP contribution in [0.3, 0.4) is 0 Å². The summed E-state index contributed by atoms with van der Waals surface area (Å²) in [6.45, 7) is 9.66. The number of carbonyl (C=O) groups excluding carboxylic acids is 1. The van der Waals surface area contributed by atoms with Crippen LogP contribution in [0.15, 0.2) is 0 Å². The quantitative estimate of drug-likeness (QED) is 0.750. The molecule has 0 saturated heterocycles. The Morgan fingerprint density at radius 2 is 2.00 bits per heavy atom. The molecule has 94 valence electrons. The van der Waals surface area contributed by atoms with Crippen molar-refractivity contribution in [3.05, 3.63) is 0 Å². The topological polar surface area (TPSA) is 38.3 Å². The predicted molar refractivity (Wildman–Crippen MR) is 65.3 cm³/mol. The minimum Gasteiger partial charge on any atom is -0.465 e. The van der Waals surface area contributed by atoms with Gasteiger partial charge in [0.1, 0.15) is 5.54 Å². The molecule has 16 heavy (non-hydrogen) atoms. The predicted octanol–water partition coefficient (Wildman–Crippen LogP) is 2.50. The van der Waals surface area contributed by atoms with Gasteiger partial charge in [0.2, 0.25) is 0 Å². The number of carbonyl (C=O) groups is 1. The van der Waals surface area contributed by atoms with E-state index in [1.165, 1.54) is 6.42 Å². The first kappa shape index (κ1) is 13.5. The van der Waals surface area contributed by atoms with Crippen LogP contribution in [0.4, 0.5) is 0 Å². The fraction of sp³-hybridized carbons (Fsp3) is 0.923. The fourth-order valence-corrected chi connectivity index (χ4v) is 2.87. The Balaban J connectivity index is 2.82. The van der Waals surface area contributed by atoms with Crippen LogP contribution < -0.4 is 5.32 Å². The molecule has 0 aromatic heterocycles. The molecule has 0 heterocycles. The van der Waals surface area contributed by atoms with E-state index in [1.807, 2.05) is 13.8 Å². The number of nitrogens with one attached hydrogen (secondary N) is 1. The van der Waals surface area contributed by atoms with E-state index < -0.39 is 5.54 Å². The Morgan fingerprint density at radius 1 is 1.31 bits per heavy atom. The van der Waals surface area contributed by atoms with Crippen LogP contribution in [-0.4, -0.2) is 24.7 Å². The third-order valence-electron chi connectivity index (χ3n) is 3.42. The van der Waals surface area contributed by atoms with E-state index in [-0.39, 0.29) is 11.4 Å². The van der Waals surface area contributed by atoms with E-state index in [1.54, 1.807) is 0 Å². The second-order valence-corrected chi connectivity index (χ2v) is 5.53. The second kappa shape index (κ2) is 5.17. The molecule has 0 aromatic rings. The van der Waals surface area contributed by atoms with Gasteiger partial charge in [0, 0.05) is 0 Å². The van der Waals surface area contributed by atoms with Crippen LogP contribution in [0.25, 0.3) is 0 Å². The van der Waals surface area contributed by atoms with Gasteiger partial charge in [-0.25, -0.2) is 0 Å². The van der Waals surface area contributed by atoms with Crippen molar-refractivity contribution in [1.82, 2.24) is 5.32 Å². The zero-order chi connectivity index (χ0) is 12.2. The van der Waals surface area contributed by atoms with Crippen molar-refractivity contribution in [2.24, 2.45) is 5.41 Å². The highest BCUT2D eigenvalue weighted by molar-refractivity contribution is 5.81. The van der Waals surface area contributed by atoms with E-state index in [2.05, 4.69) is 19.2 Å². The Kier molecular flexibility index (Phi) is 4.36. The molecule has 0 aromatic carbocycles. The molecule has 0 aliphatic heterocycles. The Bertz CT molecular complexity index is 246. The van der Waals surface area contributed by atoms with Gasteiger partial charge in [-0.05, 0) is 38.1 Å². The van der Waals surface area contributed by atoms with Crippen molar-refractivity contribution in [2.75, 3.05) is 13.2 Å². The lowest BCUT2D eigenvalue weighted by atomic mass is 9.68. The molecule has 1 saturated carbocycles. The summed E-state index contributed by atoms with van der Waals surface area (Å²) in [7, 11) is 0. The number of likely N-dealkylation sites (N-methyl/N-ethyl adjacent to an activating group) is 1. The molecule has 1 aliphatic carbocycles. The lowest BCUT2D eigenvalue weighted by Crippen LogP contribution is -2.57. The minimum atomic E-state index is -0.438. The molecule has 1 unspecified atom stereocenters. The molecule has 1 N–H and O–H groups in total. The first-order valence-corrected chi connectivity index (χ1v) is 6.38. The zero-order valence-corrected chi connectivity index (χ0v) is 11.1. The molecule has 3 nitrogen and oxygen atoms in total. The Labute approximate surface area is 98.9 Å². The second-order valence-electron chi connectivity index (χ2n) is 5.53. The summed E-state index contributed by atoms with van der Waals surface area (Å²) >= 11 is 0. The van der Waals surface area contributed by atoms with Crippen molar-refractivity contribution in [3.8, 4) is 0 Å². The van der Waals surface area contributed by atoms with Gasteiger partial charge >= 0.3 is 5.97 Å². The van der Waals surface area contributed by atoms with Gasteiger partial charge in [-0.3, -0.25) is 4.79 Å². The number of hydrogen-bond acceptors (Lipinski definition) is 3. The summed E-state index contributed by atoms with van der Waals surface area (Å²) in [4.78, 5) is 12.1. The Hall–Kier alpha value is -0.570. The molecule has 1 atom stereocenters. The maximum Gasteiger partial charge on any atom is 0.326 e. The first-order valence-electron chi connectivity index (χ1n) is 6.38. The van der Waals surface area contributed by atoms with Crippen molar-refractivity contribution >= 4 is 5.97 Å². The number of rotatable bonds is 4. The highest BCUT2D eigenvalue weighted by atomic mass is 16.5. The third-order valence-corrected chi connectivity index (χ3v) is 3.42. The van der Waals surface area contributed by atoms with Crippen LogP contribution in [0, 0.1) is 5.41 Å². The van der Waals surface area contributed by atoms with Crippen LogP contribution in [0.5, 0.6) is 0 Å². The van der Waals surface area contributed by atoms with E-state index in [0.29, 0.717) is 6.61 Å². The van der Waals surface area contributed by atoms with Gasteiger partial charge in [-0.15, -0.1) is 0 Å². The van der Waals surface area contributed by atoms with Gasteiger partial charge in [-0.2, -0.15) is 0 Å². The first-order chi connectivity index (χ1) is 7.46. The maximum absolute atomic E-state index is 12.1. The molecule has 0 radical (unpaired) electrons. The van der Waals surface area contributed by atoms with Gasteiger partial charge in [0.25, 0.3) is 0 Å². The highest BCUT2D eigenvalue weighted by Crippen LogP contribution is 2.41. The van der Waals surface area contributed by atoms with E-state index in [0.717, 1.165) is 25.8 Å². The van der Waals surface area contributed by atoms with Crippen LogP contribution in [0.1, 0.15) is 53.4 Å². The summed E-state index contributed by atoms with van der Waals surface area (Å²) in [6, 6.07) is 0. The van der Waals surface area contributed by atoms with Gasteiger partial charge in [0.05, 0.1) is 6.61 Å². The maximum atomic E-state index is 12.1. The van der Waals surface area contributed by atoms with E-state index in [4.69, 9.17) is 4.74 Å². The van der Waals surface area contributed by atoms with Crippen molar-refractivity contribution < 1.29 is 9.53 Å². The summed E-state index contributed by atoms with van der Waals surface area (Å²) in [5, 5.41) is 3.36. The van der Waals surface area contributed by atoms with Crippen molar-refractivity contribution in [3.63, 3.8) is 0 Å². The number of hydrogen-bond donors (Lipinski definition) is 1. The third kappa shape index (κ3) is 2.97. The van der Waals surface area contributed by atoms with Crippen molar-refractivity contribution in [1.29, 1.82) is 0 Å². The smallest absolute Gasteiger partial charge is 0.326 e. The lowest BCUT2D eigenvalue weighted by Gasteiger charge is -2.43. The summed E-state index contributed by atoms with van der Waals surface area (Å²) in [5.74, 6) is -0.0652. The number of ether oxygens (including phenoxy) is 1. The standard InChI is InChI=1S/C13H25NO2/c1-5-14-13(11(15)16-6-2)9-7-8-12(3,4)10-13/h14H,5-10H2,1-4H3. The molecule has 1 fully saturated rings. The molecule has 0 spiro atoms. The van der Waals surface area contributed by atoms with Crippen LogP contribution in [0.2, 0.25) is 0 Å². The van der Waals surface area contributed by atoms with Crippen LogP contribution >= 0.6 is 0 Å². The molecular weight excluding hydrogens is 202 g/mol. The summed E-state index contributed by atoms with van der Waals surface area (Å²) in [5.41, 5.74) is -0.209. The normalized spacial score (nSPS) is 28.8. The SMILES string of the molecule is CCNC1(C(=O)OCC)CCCC(C)(C)C1. The molecule has 1 aliphatic rings. The minimum absolute atomic E-state index is 0.0652. The largest absolute Gasteiger partial charge is 0.465 e. The lowest BCUT2D eigenvalue weighted by molar-refractivity contribution is -0.154. The van der Waals surface area contributed by atoms with Gasteiger partial charge in [-0.1, -0.05) is 27.2 Å². The average Bonchev–Trinajstić information content (AvgIpc) is 2.17. The van der Waals surface area contributed by atoms with E-state index >= 15 is 0 Å². The monoisotopic (exact) mass is 227 g/mol. The Morgan fingerprint density at radius 3 is 2.50 bits per heavy atom. The molecular formula is C13H25NO2. The summed E-state index contributed by atoms with van der Waals surface area (Å²) in [6.07, 6.45) is 4.08. The van der Waals surface area contributed by atoms with Gasteiger partial charge < -0.3 is 10.1 Å². The van der Waals surface area contributed by atoms with Crippen LogP contribution in [-0.2, 0) is 9.53 Å².